The molecule has 0 saturated heterocycles. The van der Waals surface area contributed by atoms with Crippen molar-refractivity contribution >= 4 is 17.7 Å². The fourth-order valence-electron chi connectivity index (χ4n) is 1.67. The Morgan fingerprint density at radius 3 is 2.84 bits per heavy atom. The van der Waals surface area contributed by atoms with Crippen LogP contribution in [0.2, 0.25) is 0 Å². The van der Waals surface area contributed by atoms with Gasteiger partial charge >= 0.3 is 12.0 Å². The van der Waals surface area contributed by atoms with Crippen molar-refractivity contribution in [3.8, 4) is 0 Å². The van der Waals surface area contributed by atoms with Gasteiger partial charge in [0.2, 0.25) is 0 Å². The Labute approximate surface area is 112 Å². The van der Waals surface area contributed by atoms with Crippen molar-refractivity contribution < 1.29 is 14.3 Å². The summed E-state index contributed by atoms with van der Waals surface area (Å²) in [5.74, 6) is 0.251. The van der Waals surface area contributed by atoms with Crippen molar-refractivity contribution in [2.24, 2.45) is 5.92 Å². The summed E-state index contributed by atoms with van der Waals surface area (Å²) in [5.41, 5.74) is 1.01. The molecule has 1 aromatic carbocycles. The van der Waals surface area contributed by atoms with E-state index in [9.17, 15) is 9.59 Å². The Balaban J connectivity index is 1.89. The number of urea groups is 1. The molecule has 0 unspecified atom stereocenters. The maximum absolute atomic E-state index is 11.6. The van der Waals surface area contributed by atoms with Crippen molar-refractivity contribution in [3.05, 3.63) is 29.8 Å². The number of carbonyl (C=O) groups is 2. The Morgan fingerprint density at radius 1 is 1.37 bits per heavy atom. The molecule has 0 heterocycles. The van der Waals surface area contributed by atoms with Crippen molar-refractivity contribution in [1.82, 2.24) is 5.32 Å². The number of ether oxygens (including phenoxy) is 1. The van der Waals surface area contributed by atoms with E-state index in [0.29, 0.717) is 30.3 Å². The lowest BCUT2D eigenvalue weighted by atomic mass is 10.2. The van der Waals surface area contributed by atoms with Gasteiger partial charge in [0.15, 0.2) is 0 Å². The van der Waals surface area contributed by atoms with E-state index in [1.807, 2.05) is 0 Å². The Morgan fingerprint density at radius 2 is 2.16 bits per heavy atom. The Kier molecular flexibility index (Phi) is 4.39. The van der Waals surface area contributed by atoms with E-state index in [0.717, 1.165) is 0 Å². The average Bonchev–Trinajstić information content (AvgIpc) is 3.21. The van der Waals surface area contributed by atoms with Crippen LogP contribution in [0.5, 0.6) is 0 Å². The van der Waals surface area contributed by atoms with E-state index in [4.69, 9.17) is 4.74 Å². The first kappa shape index (κ1) is 13.4. The number of nitrogens with one attached hydrogen (secondary N) is 2. The van der Waals surface area contributed by atoms with Gasteiger partial charge in [0.1, 0.15) is 0 Å². The average molecular weight is 262 g/mol. The third-order valence-corrected chi connectivity index (χ3v) is 2.88. The highest BCUT2D eigenvalue weighted by Gasteiger charge is 2.21. The second kappa shape index (κ2) is 6.22. The van der Waals surface area contributed by atoms with Crippen LogP contribution in [0.25, 0.3) is 0 Å². The topological polar surface area (TPSA) is 67.4 Å². The molecule has 5 heteroatoms. The minimum atomic E-state index is -0.385. The van der Waals surface area contributed by atoms with Crippen LogP contribution in [-0.4, -0.2) is 25.2 Å². The van der Waals surface area contributed by atoms with E-state index in [2.05, 4.69) is 10.6 Å². The summed E-state index contributed by atoms with van der Waals surface area (Å²) in [6.45, 7) is 2.80. The highest BCUT2D eigenvalue weighted by Crippen LogP contribution is 2.27. The number of hydrogen-bond acceptors (Lipinski definition) is 3. The molecule has 1 aliphatic carbocycles. The summed E-state index contributed by atoms with van der Waals surface area (Å²) < 4.78 is 4.91. The summed E-state index contributed by atoms with van der Waals surface area (Å²) in [5, 5.41) is 5.51. The zero-order valence-electron chi connectivity index (χ0n) is 10.9. The number of benzene rings is 1. The van der Waals surface area contributed by atoms with Crippen molar-refractivity contribution in [3.63, 3.8) is 0 Å². The predicted octanol–water partition coefficient (Wildman–Crippen LogP) is 2.39. The SMILES string of the molecule is CCOC(=O)c1cccc(NC(=O)NCC2CC2)c1. The number of esters is 1. The molecule has 1 aromatic rings. The third kappa shape index (κ3) is 4.28. The molecule has 1 fully saturated rings. The molecule has 1 saturated carbocycles. The van der Waals surface area contributed by atoms with E-state index >= 15 is 0 Å². The van der Waals surface area contributed by atoms with E-state index in [-0.39, 0.29) is 12.0 Å². The fourth-order valence-corrected chi connectivity index (χ4v) is 1.67. The van der Waals surface area contributed by atoms with E-state index in [1.165, 1.54) is 12.8 Å². The molecule has 1 aliphatic rings. The molecule has 19 heavy (non-hydrogen) atoms. The quantitative estimate of drug-likeness (QED) is 0.801. The number of carbonyl (C=O) groups excluding carboxylic acids is 2. The van der Waals surface area contributed by atoms with Crippen LogP contribution in [0.1, 0.15) is 30.1 Å². The molecule has 0 aliphatic heterocycles. The van der Waals surface area contributed by atoms with Crippen LogP contribution in [0.4, 0.5) is 10.5 Å². The van der Waals surface area contributed by atoms with Crippen LogP contribution < -0.4 is 10.6 Å². The smallest absolute Gasteiger partial charge is 0.338 e. The molecule has 2 rings (SSSR count). The molecular weight excluding hydrogens is 244 g/mol. The number of hydrogen-bond donors (Lipinski definition) is 2. The summed E-state index contributed by atoms with van der Waals surface area (Å²) >= 11 is 0. The second-order valence-electron chi connectivity index (χ2n) is 4.58. The van der Waals surface area contributed by atoms with Gasteiger partial charge in [-0.05, 0) is 43.9 Å². The van der Waals surface area contributed by atoms with Gasteiger partial charge in [-0.1, -0.05) is 6.07 Å². The first-order chi connectivity index (χ1) is 9.19. The largest absolute Gasteiger partial charge is 0.462 e. The summed E-state index contributed by atoms with van der Waals surface area (Å²) in [4.78, 5) is 23.2. The molecule has 0 atom stereocenters. The van der Waals surface area contributed by atoms with Gasteiger partial charge in [-0.15, -0.1) is 0 Å². The monoisotopic (exact) mass is 262 g/mol. The van der Waals surface area contributed by atoms with Crippen LogP contribution >= 0.6 is 0 Å². The second-order valence-corrected chi connectivity index (χ2v) is 4.58. The number of amides is 2. The van der Waals surface area contributed by atoms with Gasteiger partial charge in [-0.2, -0.15) is 0 Å². The third-order valence-electron chi connectivity index (χ3n) is 2.88. The highest BCUT2D eigenvalue weighted by molar-refractivity contribution is 5.93. The molecule has 5 nitrogen and oxygen atoms in total. The lowest BCUT2D eigenvalue weighted by Crippen LogP contribution is -2.30. The normalized spacial score (nSPS) is 13.7. The van der Waals surface area contributed by atoms with Gasteiger partial charge in [0.05, 0.1) is 12.2 Å². The molecule has 0 aromatic heterocycles. The highest BCUT2D eigenvalue weighted by atomic mass is 16.5. The maximum Gasteiger partial charge on any atom is 0.338 e. The lowest BCUT2D eigenvalue weighted by Gasteiger charge is -2.08. The van der Waals surface area contributed by atoms with E-state index < -0.39 is 0 Å². The van der Waals surface area contributed by atoms with Gasteiger partial charge in [0, 0.05) is 12.2 Å². The van der Waals surface area contributed by atoms with Gasteiger partial charge in [0.25, 0.3) is 0 Å². The zero-order chi connectivity index (χ0) is 13.7. The van der Waals surface area contributed by atoms with E-state index in [1.54, 1.807) is 31.2 Å². The molecule has 102 valence electrons. The molecule has 0 radical (unpaired) electrons. The zero-order valence-corrected chi connectivity index (χ0v) is 10.9. The van der Waals surface area contributed by atoms with Gasteiger partial charge < -0.3 is 15.4 Å². The van der Waals surface area contributed by atoms with Crippen LogP contribution in [0.15, 0.2) is 24.3 Å². The summed E-state index contributed by atoms with van der Waals surface area (Å²) in [6, 6.07) is 6.47. The molecular formula is C14H18N2O3. The van der Waals surface area contributed by atoms with Crippen molar-refractivity contribution in [1.29, 1.82) is 0 Å². The minimum absolute atomic E-state index is 0.243. The predicted molar refractivity (Wildman–Crippen MR) is 72.1 cm³/mol. The molecule has 0 bridgehead atoms. The van der Waals surface area contributed by atoms with Crippen LogP contribution in [0, 0.1) is 5.92 Å². The number of rotatable bonds is 5. The van der Waals surface area contributed by atoms with Crippen molar-refractivity contribution in [2.45, 2.75) is 19.8 Å². The van der Waals surface area contributed by atoms with Gasteiger partial charge in [-0.25, -0.2) is 9.59 Å². The molecule has 2 N–H and O–H groups in total. The van der Waals surface area contributed by atoms with Gasteiger partial charge in [-0.3, -0.25) is 0 Å². The maximum atomic E-state index is 11.6. The standard InChI is InChI=1S/C14H18N2O3/c1-2-19-13(17)11-4-3-5-12(8-11)16-14(18)15-9-10-6-7-10/h3-5,8,10H,2,6-7,9H2,1H3,(H2,15,16,18). The van der Waals surface area contributed by atoms with Crippen LogP contribution in [0.3, 0.4) is 0 Å². The first-order valence-electron chi connectivity index (χ1n) is 6.51. The Hall–Kier alpha value is -2.04. The first-order valence-corrected chi connectivity index (χ1v) is 6.51. The molecule has 2 amide bonds. The summed E-state index contributed by atoms with van der Waals surface area (Å²) in [6.07, 6.45) is 2.39. The van der Waals surface area contributed by atoms with Crippen molar-refractivity contribution in [2.75, 3.05) is 18.5 Å². The minimum Gasteiger partial charge on any atom is -0.462 e. The Bertz CT molecular complexity index is 470. The fraction of sp³-hybridized carbons (Fsp3) is 0.429. The lowest BCUT2D eigenvalue weighted by molar-refractivity contribution is 0.0526. The summed E-state index contributed by atoms with van der Waals surface area (Å²) in [7, 11) is 0. The molecule has 0 spiro atoms. The van der Waals surface area contributed by atoms with Crippen LogP contribution in [-0.2, 0) is 4.74 Å². The number of anilines is 1.